The van der Waals surface area contributed by atoms with Gasteiger partial charge in [0.25, 0.3) is 0 Å². The van der Waals surface area contributed by atoms with Crippen LogP contribution in [0, 0.1) is 0 Å². The van der Waals surface area contributed by atoms with Crippen molar-refractivity contribution in [1.29, 1.82) is 0 Å². The molecule has 30 heavy (non-hydrogen) atoms. The van der Waals surface area contributed by atoms with Crippen LogP contribution < -0.4 is 4.72 Å². The van der Waals surface area contributed by atoms with E-state index in [2.05, 4.69) is 9.71 Å². The topological polar surface area (TPSA) is 64.0 Å². The first-order valence-electron chi connectivity index (χ1n) is 9.23. The molecule has 0 saturated carbocycles. The fraction of sp³-hybridized carbons (Fsp3) is 0.286. The van der Waals surface area contributed by atoms with Gasteiger partial charge in [0.1, 0.15) is 0 Å². The smallest absolute Gasteiger partial charge is 0.340 e. The Labute approximate surface area is 173 Å². The number of nitrogens with one attached hydrogen (secondary N) is 1. The Bertz CT molecular complexity index is 1150. The van der Waals surface area contributed by atoms with Crippen LogP contribution in [0.1, 0.15) is 29.5 Å². The summed E-state index contributed by atoms with van der Waals surface area (Å²) in [6.45, 7) is 1.84. The highest BCUT2D eigenvalue weighted by Gasteiger charge is 2.30. The number of rotatable bonds is 6. The second kappa shape index (κ2) is 8.23. The van der Waals surface area contributed by atoms with Crippen molar-refractivity contribution in [3.63, 3.8) is 0 Å². The molecule has 2 aromatic carbocycles. The zero-order valence-electron chi connectivity index (χ0n) is 16.7. The standard InChI is InChI=1S/C21H22F3N3O2S/c1-14(15-5-4-6-17(10-15)21(22,23)24)9-16-7-8-18(30(28,29)25-2)11-19(16)20-12-27(3)13-26-20/h4-8,10-14,25H,9H2,1-3H3/t14-/m1/s1. The van der Waals surface area contributed by atoms with E-state index >= 15 is 0 Å². The van der Waals surface area contributed by atoms with E-state index in [9.17, 15) is 21.6 Å². The highest BCUT2D eigenvalue weighted by Crippen LogP contribution is 2.33. The summed E-state index contributed by atoms with van der Waals surface area (Å²) in [5.41, 5.74) is 1.90. The molecule has 3 aromatic rings. The van der Waals surface area contributed by atoms with E-state index < -0.39 is 21.8 Å². The molecule has 160 valence electrons. The van der Waals surface area contributed by atoms with Gasteiger partial charge in [0, 0.05) is 18.8 Å². The van der Waals surface area contributed by atoms with Crippen LogP contribution in [0.15, 0.2) is 59.9 Å². The van der Waals surface area contributed by atoms with Gasteiger partial charge in [0.05, 0.1) is 22.5 Å². The molecule has 9 heteroatoms. The highest BCUT2D eigenvalue weighted by atomic mass is 32.2. The van der Waals surface area contributed by atoms with Crippen LogP contribution in [0.5, 0.6) is 0 Å². The van der Waals surface area contributed by atoms with Crippen molar-refractivity contribution >= 4 is 10.0 Å². The summed E-state index contributed by atoms with van der Waals surface area (Å²) in [5.74, 6) is -0.221. The third kappa shape index (κ3) is 4.73. The zero-order valence-corrected chi connectivity index (χ0v) is 17.6. The van der Waals surface area contributed by atoms with Gasteiger partial charge in [-0.15, -0.1) is 0 Å². The Kier molecular flexibility index (Phi) is 6.05. The van der Waals surface area contributed by atoms with E-state index in [-0.39, 0.29) is 10.8 Å². The Hall–Kier alpha value is -2.65. The van der Waals surface area contributed by atoms with Crippen molar-refractivity contribution in [2.45, 2.75) is 30.3 Å². The first kappa shape index (κ1) is 22.0. The molecule has 0 radical (unpaired) electrons. The molecule has 5 nitrogen and oxygen atoms in total. The molecule has 0 amide bonds. The van der Waals surface area contributed by atoms with Gasteiger partial charge in [-0.3, -0.25) is 0 Å². The lowest BCUT2D eigenvalue weighted by molar-refractivity contribution is -0.137. The van der Waals surface area contributed by atoms with Gasteiger partial charge in [0.2, 0.25) is 10.0 Å². The normalized spacial score (nSPS) is 13.4. The van der Waals surface area contributed by atoms with Gasteiger partial charge in [-0.2, -0.15) is 13.2 Å². The van der Waals surface area contributed by atoms with Gasteiger partial charge in [-0.25, -0.2) is 18.1 Å². The summed E-state index contributed by atoms with van der Waals surface area (Å²) in [4.78, 5) is 4.42. The number of alkyl halides is 3. The third-order valence-corrected chi connectivity index (χ3v) is 6.36. The van der Waals surface area contributed by atoms with Crippen molar-refractivity contribution < 1.29 is 21.6 Å². The molecule has 0 fully saturated rings. The Morgan fingerprint density at radius 1 is 1.17 bits per heavy atom. The molecule has 0 aliphatic carbocycles. The number of aromatic nitrogens is 2. The van der Waals surface area contributed by atoms with E-state index in [0.717, 1.165) is 17.7 Å². The van der Waals surface area contributed by atoms with Crippen LogP contribution in [0.2, 0.25) is 0 Å². The lowest BCUT2D eigenvalue weighted by atomic mass is 9.90. The van der Waals surface area contributed by atoms with E-state index in [1.54, 1.807) is 42.3 Å². The molecule has 0 aliphatic rings. The lowest BCUT2D eigenvalue weighted by Gasteiger charge is -2.17. The molecular formula is C21H22F3N3O2S. The number of sulfonamides is 1. The van der Waals surface area contributed by atoms with Crippen molar-refractivity contribution in [3.8, 4) is 11.3 Å². The summed E-state index contributed by atoms with van der Waals surface area (Å²) < 4.78 is 67.7. The van der Waals surface area contributed by atoms with Gasteiger partial charge >= 0.3 is 6.18 Å². The molecule has 3 rings (SSSR count). The molecule has 0 unspecified atom stereocenters. The molecule has 1 aromatic heterocycles. The monoisotopic (exact) mass is 437 g/mol. The Morgan fingerprint density at radius 3 is 2.50 bits per heavy atom. The molecule has 1 N–H and O–H groups in total. The lowest BCUT2D eigenvalue weighted by Crippen LogP contribution is -2.18. The number of aryl methyl sites for hydroxylation is 1. The number of nitrogens with zero attached hydrogens (tertiary/aromatic N) is 2. The van der Waals surface area contributed by atoms with Gasteiger partial charge in [-0.1, -0.05) is 31.2 Å². The molecule has 1 heterocycles. The molecule has 1 atom stereocenters. The maximum Gasteiger partial charge on any atom is 0.416 e. The molecule has 0 saturated heterocycles. The van der Waals surface area contributed by atoms with Gasteiger partial charge in [-0.05, 0) is 48.7 Å². The quantitative estimate of drug-likeness (QED) is 0.623. The van der Waals surface area contributed by atoms with Crippen molar-refractivity contribution in [3.05, 3.63) is 71.7 Å². The van der Waals surface area contributed by atoms with Crippen LogP contribution in [0.25, 0.3) is 11.3 Å². The minimum absolute atomic E-state index is 0.0983. The van der Waals surface area contributed by atoms with Crippen LogP contribution in [0.4, 0.5) is 13.2 Å². The van der Waals surface area contributed by atoms with E-state index in [4.69, 9.17) is 0 Å². The fourth-order valence-corrected chi connectivity index (χ4v) is 4.03. The first-order chi connectivity index (χ1) is 14.0. The summed E-state index contributed by atoms with van der Waals surface area (Å²) in [5, 5.41) is 0. The summed E-state index contributed by atoms with van der Waals surface area (Å²) in [6.07, 6.45) is -0.608. The molecule has 0 bridgehead atoms. The second-order valence-electron chi connectivity index (χ2n) is 7.18. The number of halogens is 3. The van der Waals surface area contributed by atoms with E-state index in [0.29, 0.717) is 23.2 Å². The highest BCUT2D eigenvalue weighted by molar-refractivity contribution is 7.89. The van der Waals surface area contributed by atoms with E-state index in [1.807, 2.05) is 6.92 Å². The number of benzene rings is 2. The van der Waals surface area contributed by atoms with Gasteiger partial charge in [0.15, 0.2) is 0 Å². The molecule has 0 aliphatic heterocycles. The minimum Gasteiger partial charge on any atom is -0.340 e. The van der Waals surface area contributed by atoms with Crippen LogP contribution >= 0.6 is 0 Å². The third-order valence-electron chi connectivity index (χ3n) is 4.95. The maximum absolute atomic E-state index is 13.1. The Balaban J connectivity index is 2.01. The SMILES string of the molecule is CNS(=O)(=O)c1ccc(C[C@@H](C)c2cccc(C(F)(F)F)c2)c(-c2cn(C)cn2)c1. The van der Waals surface area contributed by atoms with Crippen molar-refractivity contribution in [2.24, 2.45) is 7.05 Å². The van der Waals surface area contributed by atoms with Crippen LogP contribution in [0.3, 0.4) is 0 Å². The average molecular weight is 437 g/mol. The fourth-order valence-electron chi connectivity index (χ4n) is 3.28. The summed E-state index contributed by atoms with van der Waals surface area (Å²) in [7, 11) is -0.517. The molecular weight excluding hydrogens is 415 g/mol. The first-order valence-corrected chi connectivity index (χ1v) is 10.7. The zero-order chi connectivity index (χ0) is 22.1. The van der Waals surface area contributed by atoms with Gasteiger partial charge < -0.3 is 4.57 Å². The number of hydrogen-bond donors (Lipinski definition) is 1. The second-order valence-corrected chi connectivity index (χ2v) is 9.07. The largest absolute Gasteiger partial charge is 0.416 e. The predicted octanol–water partition coefficient (Wildman–Crippen LogP) is 4.36. The number of imidazole rings is 1. The van der Waals surface area contributed by atoms with Crippen LogP contribution in [-0.2, 0) is 29.7 Å². The van der Waals surface area contributed by atoms with Crippen molar-refractivity contribution in [1.82, 2.24) is 14.3 Å². The van der Waals surface area contributed by atoms with Crippen molar-refractivity contribution in [2.75, 3.05) is 7.05 Å². The van der Waals surface area contributed by atoms with E-state index in [1.165, 1.54) is 19.2 Å². The summed E-state index contributed by atoms with van der Waals surface area (Å²) >= 11 is 0. The predicted molar refractivity (Wildman–Crippen MR) is 108 cm³/mol. The summed E-state index contributed by atoms with van der Waals surface area (Å²) in [6, 6.07) is 10.0. The maximum atomic E-state index is 13.1. The Morgan fingerprint density at radius 2 is 1.90 bits per heavy atom. The molecule has 0 spiro atoms. The minimum atomic E-state index is -4.40. The van der Waals surface area contributed by atoms with Crippen LogP contribution in [-0.4, -0.2) is 25.0 Å². The number of hydrogen-bond acceptors (Lipinski definition) is 3. The average Bonchev–Trinajstić information content (AvgIpc) is 3.13.